The fourth-order valence-corrected chi connectivity index (χ4v) is 2.39. The van der Waals surface area contributed by atoms with Gasteiger partial charge in [0.1, 0.15) is 6.10 Å². The van der Waals surface area contributed by atoms with Gasteiger partial charge in [-0.3, -0.25) is 0 Å². The molecule has 0 radical (unpaired) electrons. The lowest BCUT2D eigenvalue weighted by Crippen LogP contribution is -2.42. The first-order valence-corrected chi connectivity index (χ1v) is 7.09. The lowest BCUT2D eigenvalue weighted by atomic mass is 9.84. The van der Waals surface area contributed by atoms with E-state index in [9.17, 15) is 15.0 Å². The molecule has 2 atom stereocenters. The van der Waals surface area contributed by atoms with Gasteiger partial charge >= 0.3 is 5.97 Å². The molecule has 0 saturated carbocycles. The van der Waals surface area contributed by atoms with Crippen LogP contribution in [0.15, 0.2) is 59.1 Å². The quantitative estimate of drug-likeness (QED) is 0.831. The van der Waals surface area contributed by atoms with Gasteiger partial charge in [0.2, 0.25) is 5.60 Å². The predicted octanol–water partition coefficient (Wildman–Crippen LogP) is 2.54. The van der Waals surface area contributed by atoms with E-state index in [-0.39, 0.29) is 5.56 Å². The minimum atomic E-state index is -2.16. The van der Waals surface area contributed by atoms with Crippen molar-refractivity contribution in [1.29, 1.82) is 0 Å². The lowest BCUT2D eigenvalue weighted by molar-refractivity contribution is -0.178. The number of esters is 1. The minimum Gasteiger partial charge on any atom is -0.467 e. The molecule has 0 bridgehead atoms. The Hall–Kier alpha value is -1.69. The predicted molar refractivity (Wildman–Crippen MR) is 81.5 cm³/mol. The fraction of sp³-hybridized carbons (Fsp3) is 0.188. The van der Waals surface area contributed by atoms with Crippen LogP contribution in [-0.2, 0) is 15.1 Å². The van der Waals surface area contributed by atoms with Gasteiger partial charge in [0, 0.05) is 4.47 Å². The average Bonchev–Trinajstić information content (AvgIpc) is 2.54. The Morgan fingerprint density at radius 3 is 2.24 bits per heavy atom. The molecule has 0 aliphatic carbocycles. The lowest BCUT2D eigenvalue weighted by Gasteiger charge is -2.31. The molecule has 2 N–H and O–H groups in total. The number of hydrogen-bond acceptors (Lipinski definition) is 4. The van der Waals surface area contributed by atoms with Crippen molar-refractivity contribution in [3.8, 4) is 0 Å². The summed E-state index contributed by atoms with van der Waals surface area (Å²) in [6.07, 6.45) is -1.44. The van der Waals surface area contributed by atoms with Crippen LogP contribution in [0.4, 0.5) is 0 Å². The van der Waals surface area contributed by atoms with E-state index in [2.05, 4.69) is 20.7 Å². The van der Waals surface area contributed by atoms with Crippen LogP contribution in [0.3, 0.4) is 0 Å². The molecule has 0 spiro atoms. The third kappa shape index (κ3) is 3.00. The third-order valence-corrected chi connectivity index (χ3v) is 3.82. The van der Waals surface area contributed by atoms with Crippen molar-refractivity contribution in [1.82, 2.24) is 0 Å². The van der Waals surface area contributed by atoms with E-state index in [0.29, 0.717) is 5.56 Å². The van der Waals surface area contributed by atoms with Crippen LogP contribution in [0.5, 0.6) is 0 Å². The van der Waals surface area contributed by atoms with E-state index in [0.717, 1.165) is 4.47 Å². The summed E-state index contributed by atoms with van der Waals surface area (Å²) in [5, 5.41) is 21.3. The number of methoxy groups -OCH3 is 1. The maximum absolute atomic E-state index is 12.1. The summed E-state index contributed by atoms with van der Waals surface area (Å²) < 4.78 is 5.51. The summed E-state index contributed by atoms with van der Waals surface area (Å²) in [5.74, 6) is -0.913. The van der Waals surface area contributed by atoms with Gasteiger partial charge in [-0.15, -0.1) is 0 Å². The van der Waals surface area contributed by atoms with Gasteiger partial charge in [-0.05, 0) is 23.3 Å². The summed E-state index contributed by atoms with van der Waals surface area (Å²) in [6.45, 7) is 0. The number of ether oxygens (including phenoxy) is 1. The summed E-state index contributed by atoms with van der Waals surface area (Å²) in [5.41, 5.74) is -1.48. The third-order valence-electron chi connectivity index (χ3n) is 3.29. The number of hydrogen-bond donors (Lipinski definition) is 2. The zero-order valence-electron chi connectivity index (χ0n) is 11.4. The number of carbonyl (C=O) groups is 1. The van der Waals surface area contributed by atoms with Crippen molar-refractivity contribution >= 4 is 21.9 Å². The summed E-state index contributed by atoms with van der Waals surface area (Å²) >= 11 is 3.30. The van der Waals surface area contributed by atoms with Crippen molar-refractivity contribution in [2.75, 3.05) is 7.11 Å². The Balaban J connectivity index is 2.50. The average molecular weight is 351 g/mol. The Morgan fingerprint density at radius 1 is 1.14 bits per heavy atom. The zero-order valence-corrected chi connectivity index (χ0v) is 12.9. The molecule has 21 heavy (non-hydrogen) atoms. The largest absolute Gasteiger partial charge is 0.467 e. The highest BCUT2D eigenvalue weighted by Gasteiger charge is 2.47. The highest BCUT2D eigenvalue weighted by atomic mass is 79.9. The molecule has 2 aromatic rings. The molecule has 0 saturated heterocycles. The molecule has 0 aromatic heterocycles. The first kappa shape index (κ1) is 15.7. The summed E-state index contributed by atoms with van der Waals surface area (Å²) in [6, 6.07) is 15.0. The fourth-order valence-electron chi connectivity index (χ4n) is 2.12. The van der Waals surface area contributed by atoms with Gasteiger partial charge in [-0.25, -0.2) is 4.79 Å². The highest BCUT2D eigenvalue weighted by Crippen LogP contribution is 2.36. The number of halogens is 1. The van der Waals surface area contributed by atoms with E-state index in [1.807, 2.05) is 0 Å². The first-order valence-electron chi connectivity index (χ1n) is 6.30. The van der Waals surface area contributed by atoms with E-state index in [4.69, 9.17) is 0 Å². The molecule has 0 aliphatic heterocycles. The van der Waals surface area contributed by atoms with Crippen molar-refractivity contribution in [2.45, 2.75) is 11.7 Å². The molecule has 0 unspecified atom stereocenters. The number of carbonyl (C=O) groups excluding carboxylic acids is 1. The van der Waals surface area contributed by atoms with Crippen molar-refractivity contribution < 1.29 is 19.7 Å². The molecular formula is C16H15BrO4. The minimum absolute atomic E-state index is 0.271. The number of aliphatic hydroxyl groups excluding tert-OH is 1. The standard InChI is InChI=1S/C16H15BrO4/c1-21-15(19)16(20,12-5-3-2-4-6-12)14(18)11-7-9-13(17)10-8-11/h2-10,14,18,20H,1H3/t14-,16-/m0/s1. The van der Waals surface area contributed by atoms with E-state index in [1.165, 1.54) is 7.11 Å². The second kappa shape index (κ2) is 6.39. The van der Waals surface area contributed by atoms with Crippen molar-refractivity contribution in [3.63, 3.8) is 0 Å². The zero-order chi connectivity index (χ0) is 15.5. The molecular weight excluding hydrogens is 336 g/mol. The monoisotopic (exact) mass is 350 g/mol. The smallest absolute Gasteiger partial charge is 0.345 e. The topological polar surface area (TPSA) is 66.8 Å². The molecule has 4 nitrogen and oxygen atoms in total. The Labute approximate surface area is 131 Å². The van der Waals surface area contributed by atoms with Gasteiger partial charge < -0.3 is 14.9 Å². The molecule has 5 heteroatoms. The molecule has 0 heterocycles. The van der Waals surface area contributed by atoms with Crippen LogP contribution >= 0.6 is 15.9 Å². The van der Waals surface area contributed by atoms with Gasteiger partial charge in [0.25, 0.3) is 0 Å². The Kier molecular flexibility index (Phi) is 4.77. The van der Waals surface area contributed by atoms with Gasteiger partial charge in [-0.1, -0.05) is 58.4 Å². The second-order valence-corrected chi connectivity index (χ2v) is 5.49. The van der Waals surface area contributed by atoms with Crippen LogP contribution in [-0.4, -0.2) is 23.3 Å². The molecule has 0 amide bonds. The van der Waals surface area contributed by atoms with E-state index < -0.39 is 17.7 Å². The van der Waals surface area contributed by atoms with Crippen LogP contribution in [0.2, 0.25) is 0 Å². The van der Waals surface area contributed by atoms with E-state index >= 15 is 0 Å². The highest BCUT2D eigenvalue weighted by molar-refractivity contribution is 9.10. The van der Waals surface area contributed by atoms with Crippen molar-refractivity contribution in [2.24, 2.45) is 0 Å². The second-order valence-electron chi connectivity index (χ2n) is 4.58. The van der Waals surface area contributed by atoms with Crippen molar-refractivity contribution in [3.05, 3.63) is 70.2 Å². The van der Waals surface area contributed by atoms with Crippen LogP contribution < -0.4 is 0 Å². The van der Waals surface area contributed by atoms with Gasteiger partial charge in [-0.2, -0.15) is 0 Å². The number of rotatable bonds is 4. The molecule has 0 fully saturated rings. The number of benzene rings is 2. The van der Waals surface area contributed by atoms with Gasteiger partial charge in [0.05, 0.1) is 7.11 Å². The van der Waals surface area contributed by atoms with Crippen LogP contribution in [0.1, 0.15) is 17.2 Å². The van der Waals surface area contributed by atoms with Gasteiger partial charge in [0.15, 0.2) is 0 Å². The maximum Gasteiger partial charge on any atom is 0.345 e. The molecule has 0 aliphatic rings. The number of aliphatic hydroxyl groups is 2. The molecule has 110 valence electrons. The van der Waals surface area contributed by atoms with E-state index in [1.54, 1.807) is 54.6 Å². The maximum atomic E-state index is 12.1. The Bertz CT molecular complexity index is 612. The molecule has 2 aromatic carbocycles. The Morgan fingerprint density at radius 2 is 1.71 bits per heavy atom. The summed E-state index contributed by atoms with van der Waals surface area (Å²) in [7, 11) is 1.17. The normalized spacial score (nSPS) is 15.0. The molecule has 2 rings (SSSR count). The SMILES string of the molecule is COC(=O)[C@](O)(c1ccccc1)[C@@H](O)c1ccc(Br)cc1. The van der Waals surface area contributed by atoms with Crippen LogP contribution in [0.25, 0.3) is 0 Å². The van der Waals surface area contributed by atoms with Crippen LogP contribution in [0, 0.1) is 0 Å². The summed E-state index contributed by atoms with van der Waals surface area (Å²) in [4.78, 5) is 12.1. The first-order chi connectivity index (χ1) is 10.00.